The Bertz CT molecular complexity index is 1100. The van der Waals surface area contributed by atoms with Crippen LogP contribution >= 0.6 is 11.3 Å². The Morgan fingerprint density at radius 2 is 1.73 bits per heavy atom. The molecule has 0 aliphatic rings. The number of hydrogen-bond acceptors (Lipinski definition) is 2. The fourth-order valence-corrected chi connectivity index (χ4v) is 6.59. The van der Waals surface area contributed by atoms with E-state index in [9.17, 15) is 0 Å². The average Bonchev–Trinajstić information content (AvgIpc) is 2.99. The molecule has 0 aliphatic carbocycles. The highest BCUT2D eigenvalue weighted by atomic mass is 32.1. The van der Waals surface area contributed by atoms with E-state index in [1.54, 1.807) is 5.19 Å². The first-order valence-electron chi connectivity index (χ1n) is 9.27. The van der Waals surface area contributed by atoms with Crippen molar-refractivity contribution in [3.8, 4) is 11.3 Å². The van der Waals surface area contributed by atoms with Gasteiger partial charge in [0.05, 0.1) is 13.8 Å². The van der Waals surface area contributed by atoms with Crippen molar-refractivity contribution >= 4 is 44.8 Å². The highest BCUT2D eigenvalue weighted by Crippen LogP contribution is 2.39. The van der Waals surface area contributed by atoms with Gasteiger partial charge in [-0.15, -0.1) is 11.3 Å². The lowest BCUT2D eigenvalue weighted by Crippen LogP contribution is -2.37. The first-order chi connectivity index (χ1) is 12.4. The third kappa shape index (κ3) is 2.89. The number of thiophene rings is 1. The maximum Gasteiger partial charge on any atom is 0.0784 e. The molecule has 26 heavy (non-hydrogen) atoms. The predicted octanol–water partition coefficient (Wildman–Crippen LogP) is 6.79. The van der Waals surface area contributed by atoms with Crippen molar-refractivity contribution in [3.63, 3.8) is 0 Å². The lowest BCUT2D eigenvalue weighted by molar-refractivity contribution is 0.864. The molecular weight excluding hydrogens is 350 g/mol. The average molecular weight is 376 g/mol. The third-order valence-corrected chi connectivity index (χ3v) is 8.29. The van der Waals surface area contributed by atoms with Gasteiger partial charge in [-0.2, -0.15) is 0 Å². The monoisotopic (exact) mass is 375 g/mol. The molecule has 0 saturated heterocycles. The standard InChI is InChI=1S/C23H25NSSi/c1-15(2)16-12-13-24-19(14-16)17-8-6-9-18-22-20(25-23(17)18)10-7-11-21(22)26(3,4)5/h6-15H,1-5H3. The zero-order chi connectivity index (χ0) is 18.5. The quantitative estimate of drug-likeness (QED) is 0.359. The van der Waals surface area contributed by atoms with Crippen LogP contribution in [-0.2, 0) is 0 Å². The molecule has 0 spiro atoms. The molecule has 0 atom stereocenters. The van der Waals surface area contributed by atoms with Crippen LogP contribution in [0.2, 0.25) is 19.6 Å². The van der Waals surface area contributed by atoms with Crippen LogP contribution in [0.25, 0.3) is 31.4 Å². The van der Waals surface area contributed by atoms with E-state index in [-0.39, 0.29) is 0 Å². The lowest BCUT2D eigenvalue weighted by atomic mass is 10.0. The topological polar surface area (TPSA) is 12.9 Å². The maximum atomic E-state index is 4.70. The maximum absolute atomic E-state index is 4.70. The number of benzene rings is 2. The largest absolute Gasteiger partial charge is 0.256 e. The molecular formula is C23H25NSSi. The molecule has 0 unspecified atom stereocenters. The Hall–Kier alpha value is -1.97. The summed E-state index contributed by atoms with van der Waals surface area (Å²) in [6, 6.07) is 17.9. The van der Waals surface area contributed by atoms with Crippen molar-refractivity contribution in [1.82, 2.24) is 4.98 Å². The second kappa shape index (κ2) is 6.33. The number of aromatic nitrogens is 1. The first kappa shape index (κ1) is 17.4. The van der Waals surface area contributed by atoms with Gasteiger partial charge >= 0.3 is 0 Å². The van der Waals surface area contributed by atoms with Gasteiger partial charge in [-0.3, -0.25) is 4.98 Å². The fraction of sp³-hybridized carbons (Fsp3) is 0.261. The van der Waals surface area contributed by atoms with Crippen LogP contribution in [0.5, 0.6) is 0 Å². The van der Waals surface area contributed by atoms with Crippen LogP contribution in [0.1, 0.15) is 25.3 Å². The van der Waals surface area contributed by atoms with Crippen molar-refractivity contribution < 1.29 is 0 Å². The van der Waals surface area contributed by atoms with Crippen molar-refractivity contribution in [2.75, 3.05) is 0 Å². The summed E-state index contributed by atoms with van der Waals surface area (Å²) < 4.78 is 2.76. The van der Waals surface area contributed by atoms with Gasteiger partial charge in [0.25, 0.3) is 0 Å². The molecule has 0 amide bonds. The highest BCUT2D eigenvalue weighted by Gasteiger charge is 2.22. The van der Waals surface area contributed by atoms with E-state index in [1.807, 2.05) is 17.5 Å². The minimum absolute atomic E-state index is 0.511. The van der Waals surface area contributed by atoms with E-state index in [0.29, 0.717) is 5.92 Å². The van der Waals surface area contributed by atoms with Crippen LogP contribution < -0.4 is 5.19 Å². The number of pyridine rings is 1. The van der Waals surface area contributed by atoms with Crippen molar-refractivity contribution in [3.05, 3.63) is 60.3 Å². The van der Waals surface area contributed by atoms with Crippen LogP contribution in [0.3, 0.4) is 0 Å². The Morgan fingerprint density at radius 3 is 2.46 bits per heavy atom. The summed E-state index contributed by atoms with van der Waals surface area (Å²) in [5.74, 6) is 0.511. The van der Waals surface area contributed by atoms with Gasteiger partial charge < -0.3 is 0 Å². The molecule has 0 N–H and O–H groups in total. The van der Waals surface area contributed by atoms with E-state index in [4.69, 9.17) is 4.98 Å². The number of nitrogens with zero attached hydrogens (tertiary/aromatic N) is 1. The molecule has 0 fully saturated rings. The number of rotatable bonds is 3. The van der Waals surface area contributed by atoms with Crippen LogP contribution in [0, 0.1) is 0 Å². The molecule has 4 rings (SSSR count). The van der Waals surface area contributed by atoms with Crippen LogP contribution in [0.4, 0.5) is 0 Å². The summed E-state index contributed by atoms with van der Waals surface area (Å²) in [6.45, 7) is 11.8. The van der Waals surface area contributed by atoms with E-state index >= 15 is 0 Å². The van der Waals surface area contributed by atoms with Gasteiger partial charge in [-0.1, -0.05) is 69.0 Å². The predicted molar refractivity (Wildman–Crippen MR) is 120 cm³/mol. The van der Waals surface area contributed by atoms with E-state index in [2.05, 4.69) is 82.0 Å². The highest BCUT2D eigenvalue weighted by molar-refractivity contribution is 7.26. The first-order valence-corrected chi connectivity index (χ1v) is 13.6. The molecule has 0 aliphatic heterocycles. The fourth-order valence-electron chi connectivity index (χ4n) is 3.63. The van der Waals surface area contributed by atoms with Crippen molar-refractivity contribution in [2.45, 2.75) is 39.4 Å². The van der Waals surface area contributed by atoms with Crippen LogP contribution in [0.15, 0.2) is 54.7 Å². The molecule has 4 aromatic rings. The van der Waals surface area contributed by atoms with Gasteiger partial charge in [-0.25, -0.2) is 0 Å². The Kier molecular flexibility index (Phi) is 4.24. The summed E-state index contributed by atoms with van der Waals surface area (Å²) in [5, 5.41) is 4.41. The molecule has 3 heteroatoms. The minimum Gasteiger partial charge on any atom is -0.256 e. The van der Waals surface area contributed by atoms with Gasteiger partial charge in [-0.05, 0) is 35.1 Å². The second-order valence-corrected chi connectivity index (χ2v) is 14.4. The molecule has 132 valence electrons. The Labute approximate surface area is 160 Å². The SMILES string of the molecule is CC(C)c1ccnc(-c2cccc3c2sc2cccc([Si](C)(C)C)c23)c1. The van der Waals surface area contributed by atoms with E-state index < -0.39 is 8.07 Å². The van der Waals surface area contributed by atoms with Gasteiger partial charge in [0.15, 0.2) is 0 Å². The van der Waals surface area contributed by atoms with Gasteiger partial charge in [0, 0.05) is 26.5 Å². The van der Waals surface area contributed by atoms with Crippen molar-refractivity contribution in [1.29, 1.82) is 0 Å². The summed E-state index contributed by atoms with van der Waals surface area (Å²) in [4.78, 5) is 4.70. The summed E-state index contributed by atoms with van der Waals surface area (Å²) in [7, 11) is -1.41. The summed E-state index contributed by atoms with van der Waals surface area (Å²) >= 11 is 1.91. The molecule has 0 radical (unpaired) electrons. The zero-order valence-electron chi connectivity index (χ0n) is 16.1. The molecule has 2 heterocycles. The molecule has 0 saturated carbocycles. The zero-order valence-corrected chi connectivity index (χ0v) is 17.9. The molecule has 0 bridgehead atoms. The number of hydrogen-bond donors (Lipinski definition) is 0. The van der Waals surface area contributed by atoms with Gasteiger partial charge in [0.1, 0.15) is 0 Å². The van der Waals surface area contributed by atoms with E-state index in [0.717, 1.165) is 5.69 Å². The van der Waals surface area contributed by atoms with Crippen molar-refractivity contribution in [2.24, 2.45) is 0 Å². The van der Waals surface area contributed by atoms with Gasteiger partial charge in [0.2, 0.25) is 0 Å². The Balaban J connectivity index is 2.03. The Morgan fingerprint density at radius 1 is 0.962 bits per heavy atom. The minimum atomic E-state index is -1.41. The summed E-state index contributed by atoms with van der Waals surface area (Å²) in [5.41, 5.74) is 3.69. The molecule has 2 aromatic carbocycles. The normalized spacial score (nSPS) is 12.4. The smallest absolute Gasteiger partial charge is 0.0784 e. The van der Waals surface area contributed by atoms with E-state index in [1.165, 1.54) is 31.3 Å². The third-order valence-electron chi connectivity index (χ3n) is 5.06. The lowest BCUT2D eigenvalue weighted by Gasteiger charge is -2.18. The molecule has 2 aromatic heterocycles. The second-order valence-electron chi connectivity index (χ2n) is 8.34. The molecule has 1 nitrogen and oxygen atoms in total. The summed E-state index contributed by atoms with van der Waals surface area (Å²) in [6.07, 6.45) is 1.95. The van der Waals surface area contributed by atoms with Crippen LogP contribution in [-0.4, -0.2) is 13.1 Å². The number of fused-ring (bicyclic) bond motifs is 3.